The van der Waals surface area contributed by atoms with Crippen LogP contribution in [0.4, 0.5) is 4.79 Å². The van der Waals surface area contributed by atoms with Crippen molar-refractivity contribution in [1.82, 2.24) is 5.32 Å². The first-order chi connectivity index (χ1) is 11.2. The van der Waals surface area contributed by atoms with Crippen molar-refractivity contribution in [1.29, 1.82) is 0 Å². The van der Waals surface area contributed by atoms with Crippen LogP contribution in [-0.4, -0.2) is 40.6 Å². The first-order valence-corrected chi connectivity index (χ1v) is 8.63. The SMILES string of the molecule is CCC(CC)C1=NO[C@@H]2[C@H]1[C@H](NC(=O)OC(C)(C)C)C[C@H]2C(=O)O. The molecule has 0 saturated heterocycles. The molecule has 7 nitrogen and oxygen atoms in total. The number of amides is 1. The Morgan fingerprint density at radius 2 is 2.00 bits per heavy atom. The minimum Gasteiger partial charge on any atom is -0.481 e. The summed E-state index contributed by atoms with van der Waals surface area (Å²) < 4.78 is 5.31. The number of nitrogens with zero attached hydrogens (tertiary/aromatic N) is 1. The Labute approximate surface area is 142 Å². The third kappa shape index (κ3) is 3.82. The van der Waals surface area contributed by atoms with Crippen LogP contribution < -0.4 is 5.32 Å². The number of carbonyl (C=O) groups excluding carboxylic acids is 1. The number of aliphatic carboxylic acids is 1. The average molecular weight is 340 g/mol. The van der Waals surface area contributed by atoms with Gasteiger partial charge in [0.25, 0.3) is 0 Å². The van der Waals surface area contributed by atoms with Gasteiger partial charge in [-0.1, -0.05) is 19.0 Å². The topological polar surface area (TPSA) is 97.2 Å². The molecule has 0 spiro atoms. The average Bonchev–Trinajstić information content (AvgIpc) is 3.00. The maximum absolute atomic E-state index is 12.1. The van der Waals surface area contributed by atoms with Crippen molar-refractivity contribution in [2.45, 2.75) is 71.6 Å². The number of carboxylic acids is 1. The summed E-state index contributed by atoms with van der Waals surface area (Å²) in [5, 5.41) is 16.5. The van der Waals surface area contributed by atoms with E-state index in [4.69, 9.17) is 9.57 Å². The Hall–Kier alpha value is -1.79. The summed E-state index contributed by atoms with van der Waals surface area (Å²) in [7, 11) is 0. The van der Waals surface area contributed by atoms with E-state index >= 15 is 0 Å². The lowest BCUT2D eigenvalue weighted by Crippen LogP contribution is -2.45. The van der Waals surface area contributed by atoms with Gasteiger partial charge in [0, 0.05) is 12.0 Å². The lowest BCUT2D eigenvalue weighted by Gasteiger charge is -2.25. The molecule has 24 heavy (non-hydrogen) atoms. The van der Waals surface area contributed by atoms with Gasteiger partial charge >= 0.3 is 12.1 Å². The minimum atomic E-state index is -0.917. The lowest BCUT2D eigenvalue weighted by molar-refractivity contribution is -0.145. The number of carbonyl (C=O) groups is 2. The molecule has 0 radical (unpaired) electrons. The maximum Gasteiger partial charge on any atom is 0.407 e. The van der Waals surface area contributed by atoms with Crippen LogP contribution in [0.3, 0.4) is 0 Å². The second-order valence-corrected chi connectivity index (χ2v) is 7.56. The smallest absolute Gasteiger partial charge is 0.407 e. The van der Waals surface area contributed by atoms with Gasteiger partial charge in [-0.3, -0.25) is 4.79 Å². The van der Waals surface area contributed by atoms with Gasteiger partial charge in [-0.2, -0.15) is 0 Å². The molecule has 1 aliphatic heterocycles. The van der Waals surface area contributed by atoms with Crippen LogP contribution in [0.5, 0.6) is 0 Å². The van der Waals surface area contributed by atoms with Crippen LogP contribution in [-0.2, 0) is 14.4 Å². The van der Waals surface area contributed by atoms with Crippen LogP contribution in [0.2, 0.25) is 0 Å². The molecular formula is C17H28N2O5. The Kier molecular flexibility index (Phi) is 5.40. The molecule has 1 fully saturated rings. The molecular weight excluding hydrogens is 312 g/mol. The van der Waals surface area contributed by atoms with Gasteiger partial charge in [0.2, 0.25) is 0 Å². The Balaban J connectivity index is 2.18. The van der Waals surface area contributed by atoms with Gasteiger partial charge in [0.15, 0.2) is 6.10 Å². The van der Waals surface area contributed by atoms with Crippen molar-refractivity contribution in [2.24, 2.45) is 22.9 Å². The molecule has 1 aliphatic carbocycles. The minimum absolute atomic E-state index is 0.205. The van der Waals surface area contributed by atoms with E-state index in [9.17, 15) is 14.7 Å². The molecule has 4 atom stereocenters. The number of hydrogen-bond donors (Lipinski definition) is 2. The van der Waals surface area contributed by atoms with Crippen molar-refractivity contribution in [3.05, 3.63) is 0 Å². The Morgan fingerprint density at radius 1 is 1.38 bits per heavy atom. The van der Waals surface area contributed by atoms with Gasteiger partial charge < -0.3 is 20.0 Å². The van der Waals surface area contributed by atoms with E-state index in [1.165, 1.54) is 0 Å². The highest BCUT2D eigenvalue weighted by atomic mass is 16.6. The van der Waals surface area contributed by atoms with E-state index < -0.39 is 29.7 Å². The molecule has 0 aromatic rings. The first-order valence-electron chi connectivity index (χ1n) is 8.63. The number of alkyl carbamates (subject to hydrolysis) is 1. The van der Waals surface area contributed by atoms with Gasteiger partial charge in [-0.05, 0) is 40.0 Å². The van der Waals surface area contributed by atoms with E-state index in [0.29, 0.717) is 6.42 Å². The number of ether oxygens (including phenoxy) is 1. The Morgan fingerprint density at radius 3 is 2.50 bits per heavy atom. The van der Waals surface area contributed by atoms with Crippen molar-refractivity contribution in [2.75, 3.05) is 0 Å². The van der Waals surface area contributed by atoms with Crippen molar-refractivity contribution in [3.8, 4) is 0 Å². The van der Waals surface area contributed by atoms with E-state index in [2.05, 4.69) is 24.3 Å². The molecule has 1 saturated carbocycles. The molecule has 0 unspecified atom stereocenters. The lowest BCUT2D eigenvalue weighted by atomic mass is 9.84. The van der Waals surface area contributed by atoms with Gasteiger partial charge in [0.05, 0.1) is 17.5 Å². The van der Waals surface area contributed by atoms with Crippen LogP contribution in [0, 0.1) is 17.8 Å². The van der Waals surface area contributed by atoms with E-state index in [0.717, 1.165) is 18.6 Å². The van der Waals surface area contributed by atoms with E-state index in [1.54, 1.807) is 20.8 Å². The molecule has 1 amide bonds. The quantitative estimate of drug-likeness (QED) is 0.802. The predicted molar refractivity (Wildman–Crippen MR) is 88.8 cm³/mol. The zero-order valence-corrected chi connectivity index (χ0v) is 15.0. The summed E-state index contributed by atoms with van der Waals surface area (Å²) in [4.78, 5) is 29.2. The van der Waals surface area contributed by atoms with Gasteiger partial charge in [0.1, 0.15) is 5.60 Å². The number of hydrogen-bond acceptors (Lipinski definition) is 5. The summed E-state index contributed by atoms with van der Waals surface area (Å²) in [6.07, 6.45) is 1.08. The summed E-state index contributed by atoms with van der Waals surface area (Å²) in [6, 6.07) is -0.340. The standard InChI is InChI=1S/C17H28N2O5/c1-6-9(7-2)13-12-11(18-16(22)23-17(3,4)5)8-10(15(20)21)14(12)24-19-13/h9-12,14H,6-8H2,1-5H3,(H,18,22)(H,20,21)/t10-,11-,12+,14+/m1/s1. The zero-order valence-electron chi connectivity index (χ0n) is 15.0. The van der Waals surface area contributed by atoms with Crippen LogP contribution in [0.25, 0.3) is 0 Å². The number of nitrogens with one attached hydrogen (secondary N) is 1. The number of fused-ring (bicyclic) bond motifs is 1. The summed E-state index contributed by atoms with van der Waals surface area (Å²) in [5.74, 6) is -1.57. The van der Waals surface area contributed by atoms with Crippen LogP contribution in [0.1, 0.15) is 53.9 Å². The fraction of sp³-hybridized carbons (Fsp3) is 0.824. The summed E-state index contributed by atoms with van der Waals surface area (Å²) in [6.45, 7) is 9.52. The van der Waals surface area contributed by atoms with Gasteiger partial charge in [-0.15, -0.1) is 0 Å². The first kappa shape index (κ1) is 18.5. The van der Waals surface area contributed by atoms with E-state index in [1.807, 2.05) is 0 Å². The normalized spacial score (nSPS) is 29.0. The monoisotopic (exact) mass is 340 g/mol. The Bertz CT molecular complexity index is 522. The fourth-order valence-electron chi connectivity index (χ4n) is 3.63. The maximum atomic E-state index is 12.1. The highest BCUT2D eigenvalue weighted by Crippen LogP contribution is 2.41. The van der Waals surface area contributed by atoms with E-state index in [-0.39, 0.29) is 17.9 Å². The molecule has 7 heteroatoms. The zero-order chi connectivity index (χ0) is 18.1. The molecule has 1 heterocycles. The van der Waals surface area contributed by atoms with Crippen LogP contribution in [0.15, 0.2) is 5.16 Å². The summed E-state index contributed by atoms with van der Waals surface area (Å²) >= 11 is 0. The number of oxime groups is 1. The third-order valence-corrected chi connectivity index (χ3v) is 4.74. The number of carboxylic acid groups (broad SMARTS) is 1. The summed E-state index contributed by atoms with van der Waals surface area (Å²) in [5.41, 5.74) is 0.266. The molecule has 0 aromatic heterocycles. The molecule has 0 aromatic carbocycles. The molecule has 0 bridgehead atoms. The second kappa shape index (κ2) is 6.99. The highest BCUT2D eigenvalue weighted by molar-refractivity contribution is 5.92. The number of rotatable bonds is 5. The third-order valence-electron chi connectivity index (χ3n) is 4.74. The van der Waals surface area contributed by atoms with Crippen LogP contribution >= 0.6 is 0 Å². The molecule has 2 rings (SSSR count). The molecule has 2 aliphatic rings. The van der Waals surface area contributed by atoms with Gasteiger partial charge in [-0.25, -0.2) is 4.79 Å². The molecule has 2 N–H and O–H groups in total. The second-order valence-electron chi connectivity index (χ2n) is 7.56. The van der Waals surface area contributed by atoms with Crippen molar-refractivity contribution >= 4 is 17.8 Å². The van der Waals surface area contributed by atoms with Crippen molar-refractivity contribution < 1.29 is 24.3 Å². The fourth-order valence-corrected chi connectivity index (χ4v) is 3.63. The largest absolute Gasteiger partial charge is 0.481 e. The molecule has 136 valence electrons. The highest BCUT2D eigenvalue weighted by Gasteiger charge is 2.55. The van der Waals surface area contributed by atoms with Crippen molar-refractivity contribution in [3.63, 3.8) is 0 Å². The predicted octanol–water partition coefficient (Wildman–Crippen LogP) is 2.79.